The molecular formula is C18H17FN2. The van der Waals surface area contributed by atoms with E-state index in [1.165, 1.54) is 30.0 Å². The number of nitrogens with one attached hydrogen (secondary N) is 1. The molecule has 1 atom stereocenters. The zero-order valence-corrected chi connectivity index (χ0v) is 11.9. The molecule has 1 unspecified atom stereocenters. The van der Waals surface area contributed by atoms with E-state index in [1.54, 1.807) is 12.1 Å². The van der Waals surface area contributed by atoms with Crippen molar-refractivity contribution >= 4 is 5.69 Å². The van der Waals surface area contributed by atoms with E-state index in [4.69, 9.17) is 5.26 Å². The van der Waals surface area contributed by atoms with Crippen molar-refractivity contribution in [1.82, 2.24) is 0 Å². The Morgan fingerprint density at radius 2 is 1.90 bits per heavy atom. The molecule has 0 radical (unpaired) electrons. The number of hydrogen-bond acceptors (Lipinski definition) is 2. The average molecular weight is 280 g/mol. The first-order valence-corrected chi connectivity index (χ1v) is 7.21. The first-order valence-electron chi connectivity index (χ1n) is 7.21. The highest BCUT2D eigenvalue weighted by Crippen LogP contribution is 2.43. The maximum atomic E-state index is 13.7. The maximum absolute atomic E-state index is 13.7. The lowest BCUT2D eigenvalue weighted by Crippen LogP contribution is -2.14. The molecule has 1 fully saturated rings. The minimum Gasteiger partial charge on any atom is -0.377 e. The number of nitriles is 1. The molecule has 3 heteroatoms. The summed E-state index contributed by atoms with van der Waals surface area (Å²) in [6.07, 6.45) is 2.34. The van der Waals surface area contributed by atoms with Crippen LogP contribution in [0, 0.1) is 30.0 Å². The lowest BCUT2D eigenvalue weighted by molar-refractivity contribution is 0.622. The fourth-order valence-corrected chi connectivity index (χ4v) is 2.60. The maximum Gasteiger partial charge on any atom is 0.143 e. The summed E-state index contributed by atoms with van der Waals surface area (Å²) in [4.78, 5) is 0. The van der Waals surface area contributed by atoms with E-state index in [9.17, 15) is 4.39 Å². The predicted molar refractivity (Wildman–Crippen MR) is 81.4 cm³/mol. The summed E-state index contributed by atoms with van der Waals surface area (Å²) >= 11 is 0. The SMILES string of the molecule is Cc1ccc(C(Nc2cccc(F)c2C#N)C2CC2)cc1. The largest absolute Gasteiger partial charge is 0.377 e. The number of benzene rings is 2. The number of nitrogens with zero attached hydrogens (tertiary/aromatic N) is 1. The molecular weight excluding hydrogens is 263 g/mol. The zero-order valence-electron chi connectivity index (χ0n) is 11.9. The van der Waals surface area contributed by atoms with Crippen molar-refractivity contribution in [2.45, 2.75) is 25.8 Å². The van der Waals surface area contributed by atoms with Crippen molar-refractivity contribution in [1.29, 1.82) is 5.26 Å². The molecule has 1 aliphatic rings. The molecule has 0 spiro atoms. The lowest BCUT2D eigenvalue weighted by Gasteiger charge is -2.21. The van der Waals surface area contributed by atoms with Crippen LogP contribution in [0.2, 0.25) is 0 Å². The van der Waals surface area contributed by atoms with E-state index in [0.29, 0.717) is 11.6 Å². The van der Waals surface area contributed by atoms with Crippen LogP contribution in [-0.2, 0) is 0 Å². The highest BCUT2D eigenvalue weighted by atomic mass is 19.1. The van der Waals surface area contributed by atoms with Crippen LogP contribution in [0.4, 0.5) is 10.1 Å². The van der Waals surface area contributed by atoms with E-state index < -0.39 is 5.82 Å². The van der Waals surface area contributed by atoms with Gasteiger partial charge in [0.15, 0.2) is 0 Å². The van der Waals surface area contributed by atoms with Gasteiger partial charge in [0.1, 0.15) is 17.4 Å². The van der Waals surface area contributed by atoms with E-state index >= 15 is 0 Å². The molecule has 1 N–H and O–H groups in total. The summed E-state index contributed by atoms with van der Waals surface area (Å²) in [5.41, 5.74) is 3.08. The molecule has 21 heavy (non-hydrogen) atoms. The monoisotopic (exact) mass is 280 g/mol. The van der Waals surface area contributed by atoms with Gasteiger partial charge in [-0.25, -0.2) is 4.39 Å². The molecule has 0 saturated heterocycles. The fraction of sp³-hybridized carbons (Fsp3) is 0.278. The van der Waals surface area contributed by atoms with Gasteiger partial charge in [0.05, 0.1) is 11.7 Å². The molecule has 1 saturated carbocycles. The van der Waals surface area contributed by atoms with Gasteiger partial charge < -0.3 is 5.32 Å². The minimum absolute atomic E-state index is 0.0928. The summed E-state index contributed by atoms with van der Waals surface area (Å²) in [5, 5.41) is 12.5. The van der Waals surface area contributed by atoms with Gasteiger partial charge in [-0.1, -0.05) is 35.9 Å². The topological polar surface area (TPSA) is 35.8 Å². The van der Waals surface area contributed by atoms with E-state index in [2.05, 4.69) is 36.5 Å². The number of anilines is 1. The van der Waals surface area contributed by atoms with Gasteiger partial charge in [-0.05, 0) is 43.4 Å². The Morgan fingerprint density at radius 3 is 2.52 bits per heavy atom. The van der Waals surface area contributed by atoms with E-state index in [0.717, 1.165) is 0 Å². The second-order valence-corrected chi connectivity index (χ2v) is 5.64. The summed E-state index contributed by atoms with van der Waals surface area (Å²) in [6.45, 7) is 2.06. The smallest absolute Gasteiger partial charge is 0.143 e. The Morgan fingerprint density at radius 1 is 1.19 bits per heavy atom. The number of hydrogen-bond donors (Lipinski definition) is 1. The molecule has 106 valence electrons. The number of rotatable bonds is 4. The quantitative estimate of drug-likeness (QED) is 0.890. The molecule has 1 aliphatic carbocycles. The van der Waals surface area contributed by atoms with E-state index in [-0.39, 0.29) is 11.6 Å². The van der Waals surface area contributed by atoms with Gasteiger partial charge >= 0.3 is 0 Å². The Bertz CT molecular complexity index is 681. The fourth-order valence-electron chi connectivity index (χ4n) is 2.60. The summed E-state index contributed by atoms with van der Waals surface area (Å²) in [7, 11) is 0. The van der Waals surface area contributed by atoms with Crippen LogP contribution < -0.4 is 5.32 Å². The van der Waals surface area contributed by atoms with Crippen molar-refractivity contribution in [3.63, 3.8) is 0 Å². The highest BCUT2D eigenvalue weighted by molar-refractivity contribution is 5.59. The average Bonchev–Trinajstić information content (AvgIpc) is 3.30. The van der Waals surface area contributed by atoms with Gasteiger partial charge in [0.2, 0.25) is 0 Å². The molecule has 0 aliphatic heterocycles. The van der Waals surface area contributed by atoms with Crippen molar-refractivity contribution < 1.29 is 4.39 Å². The van der Waals surface area contributed by atoms with Crippen molar-refractivity contribution in [2.75, 3.05) is 5.32 Å². The molecule has 0 aromatic heterocycles. The number of aryl methyl sites for hydroxylation is 1. The lowest BCUT2D eigenvalue weighted by atomic mass is 10.00. The number of halogens is 1. The Balaban J connectivity index is 1.92. The molecule has 2 aromatic carbocycles. The standard InChI is InChI=1S/C18H17FN2/c1-12-5-7-13(8-6-12)18(14-9-10-14)21-17-4-2-3-16(19)15(17)11-20/h2-8,14,18,21H,9-10H2,1H3. The molecule has 3 rings (SSSR count). The molecule has 0 bridgehead atoms. The van der Waals surface area contributed by atoms with Gasteiger partial charge in [0.25, 0.3) is 0 Å². The Labute approximate surface area is 124 Å². The summed E-state index contributed by atoms with van der Waals surface area (Å²) in [5.74, 6) is 0.0865. The second kappa shape index (κ2) is 5.57. The van der Waals surface area contributed by atoms with Crippen molar-refractivity contribution in [3.05, 3.63) is 65.0 Å². The Hall–Kier alpha value is -2.34. The van der Waals surface area contributed by atoms with Crippen molar-refractivity contribution in [2.24, 2.45) is 5.92 Å². The normalized spacial score (nSPS) is 15.3. The third-order valence-electron chi connectivity index (χ3n) is 3.97. The van der Waals surface area contributed by atoms with Crippen LogP contribution in [0.25, 0.3) is 0 Å². The minimum atomic E-state index is -0.471. The van der Waals surface area contributed by atoms with Gasteiger partial charge in [-0.15, -0.1) is 0 Å². The first-order chi connectivity index (χ1) is 10.2. The van der Waals surface area contributed by atoms with E-state index in [1.807, 2.05) is 6.07 Å². The Kier molecular flexibility index (Phi) is 3.62. The zero-order chi connectivity index (χ0) is 14.8. The van der Waals surface area contributed by atoms with Crippen LogP contribution in [-0.4, -0.2) is 0 Å². The van der Waals surface area contributed by atoms with Crippen LogP contribution >= 0.6 is 0 Å². The van der Waals surface area contributed by atoms with Crippen LogP contribution in [0.1, 0.15) is 35.6 Å². The second-order valence-electron chi connectivity index (χ2n) is 5.64. The first kappa shape index (κ1) is 13.6. The van der Waals surface area contributed by atoms with Gasteiger partial charge in [-0.3, -0.25) is 0 Å². The van der Waals surface area contributed by atoms with Crippen LogP contribution in [0.5, 0.6) is 0 Å². The molecule has 0 heterocycles. The highest BCUT2D eigenvalue weighted by Gasteiger charge is 2.32. The van der Waals surface area contributed by atoms with Crippen LogP contribution in [0.15, 0.2) is 42.5 Å². The molecule has 2 nitrogen and oxygen atoms in total. The third kappa shape index (κ3) is 2.90. The summed E-state index contributed by atoms with van der Waals surface area (Å²) < 4.78 is 13.7. The predicted octanol–water partition coefficient (Wildman–Crippen LogP) is 4.57. The summed E-state index contributed by atoms with van der Waals surface area (Å²) in [6, 6.07) is 15.2. The van der Waals surface area contributed by atoms with Gasteiger partial charge in [-0.2, -0.15) is 5.26 Å². The van der Waals surface area contributed by atoms with Gasteiger partial charge in [0, 0.05) is 0 Å². The van der Waals surface area contributed by atoms with Crippen LogP contribution in [0.3, 0.4) is 0 Å². The molecule has 2 aromatic rings. The third-order valence-corrected chi connectivity index (χ3v) is 3.97. The van der Waals surface area contributed by atoms with Crippen molar-refractivity contribution in [3.8, 4) is 6.07 Å². The molecule has 0 amide bonds.